The highest BCUT2D eigenvalue weighted by Crippen LogP contribution is 2.27. The first-order valence-corrected chi connectivity index (χ1v) is 5.44. The molecule has 1 N–H and O–H groups in total. The van der Waals surface area contributed by atoms with Crippen molar-refractivity contribution in [2.75, 3.05) is 18.5 Å². The van der Waals surface area contributed by atoms with Crippen LogP contribution in [0.1, 0.15) is 12.5 Å². The molecule has 0 saturated heterocycles. The van der Waals surface area contributed by atoms with Gasteiger partial charge in [0.2, 0.25) is 0 Å². The zero-order chi connectivity index (χ0) is 12.3. The summed E-state index contributed by atoms with van der Waals surface area (Å²) in [7, 11) is 0. The van der Waals surface area contributed by atoms with Gasteiger partial charge in [0.25, 0.3) is 0 Å². The predicted octanol–water partition coefficient (Wildman–Crippen LogP) is 1.12. The Morgan fingerprint density at radius 2 is 2.29 bits per heavy atom. The lowest BCUT2D eigenvalue weighted by atomic mass is 10.1. The van der Waals surface area contributed by atoms with Gasteiger partial charge in [0.1, 0.15) is 5.75 Å². The summed E-state index contributed by atoms with van der Waals surface area (Å²) in [6.07, 6.45) is 0.818. The normalized spacial score (nSPS) is 12.5. The fourth-order valence-electron chi connectivity index (χ4n) is 1.64. The number of carbonyl (C=O) groups excluding carboxylic acids is 2. The third-order valence-electron chi connectivity index (χ3n) is 2.41. The molecule has 1 aromatic carbocycles. The number of hydrogen-bond donors (Lipinski definition) is 1. The van der Waals surface area contributed by atoms with E-state index in [-0.39, 0.29) is 6.61 Å². The van der Waals surface area contributed by atoms with Crippen LogP contribution in [0.25, 0.3) is 0 Å². The second-order valence-electron chi connectivity index (χ2n) is 3.60. The van der Waals surface area contributed by atoms with Crippen molar-refractivity contribution in [1.29, 1.82) is 0 Å². The standard InChI is InChI=1S/C12H13NO4/c1-2-16-12(15)11(14)13-9-3-4-10-8(7-9)5-6-17-10/h3-4,7H,2,5-6H2,1H3,(H,13,14). The van der Waals surface area contributed by atoms with Crippen molar-refractivity contribution in [3.05, 3.63) is 23.8 Å². The minimum absolute atomic E-state index is 0.185. The third-order valence-corrected chi connectivity index (χ3v) is 2.41. The summed E-state index contributed by atoms with van der Waals surface area (Å²) >= 11 is 0. The lowest BCUT2D eigenvalue weighted by Gasteiger charge is -2.06. The summed E-state index contributed by atoms with van der Waals surface area (Å²) < 4.78 is 9.93. The van der Waals surface area contributed by atoms with Crippen molar-refractivity contribution < 1.29 is 19.1 Å². The molecule has 0 saturated carbocycles. The zero-order valence-corrected chi connectivity index (χ0v) is 9.49. The Morgan fingerprint density at radius 3 is 3.06 bits per heavy atom. The number of carbonyl (C=O) groups is 2. The first kappa shape index (κ1) is 11.4. The smallest absolute Gasteiger partial charge is 0.397 e. The number of hydrogen-bond acceptors (Lipinski definition) is 4. The van der Waals surface area contributed by atoms with Gasteiger partial charge in [0.15, 0.2) is 0 Å². The highest BCUT2D eigenvalue weighted by molar-refractivity contribution is 6.37. The van der Waals surface area contributed by atoms with E-state index in [0.29, 0.717) is 12.3 Å². The van der Waals surface area contributed by atoms with Crippen molar-refractivity contribution in [3.8, 4) is 5.75 Å². The molecule has 17 heavy (non-hydrogen) atoms. The van der Waals surface area contributed by atoms with Gasteiger partial charge in [-0.3, -0.25) is 4.79 Å². The predicted molar refractivity (Wildman–Crippen MR) is 60.9 cm³/mol. The number of rotatable bonds is 2. The third kappa shape index (κ3) is 2.55. The maximum Gasteiger partial charge on any atom is 0.397 e. The van der Waals surface area contributed by atoms with Crippen LogP contribution in [0.5, 0.6) is 5.75 Å². The fraction of sp³-hybridized carbons (Fsp3) is 0.333. The van der Waals surface area contributed by atoms with Crippen molar-refractivity contribution in [3.63, 3.8) is 0 Å². The molecular formula is C12H13NO4. The van der Waals surface area contributed by atoms with Gasteiger partial charge in [-0.25, -0.2) is 4.79 Å². The maximum absolute atomic E-state index is 11.4. The Kier molecular flexibility index (Phi) is 3.27. The van der Waals surface area contributed by atoms with E-state index < -0.39 is 11.9 Å². The summed E-state index contributed by atoms with van der Waals surface area (Å²) in [5, 5.41) is 2.49. The summed E-state index contributed by atoms with van der Waals surface area (Å²) in [6, 6.07) is 5.28. The number of ether oxygens (including phenoxy) is 2. The molecule has 0 bridgehead atoms. The number of nitrogens with one attached hydrogen (secondary N) is 1. The van der Waals surface area contributed by atoms with E-state index in [2.05, 4.69) is 10.1 Å². The molecule has 0 radical (unpaired) electrons. The van der Waals surface area contributed by atoms with Crippen LogP contribution in [0.3, 0.4) is 0 Å². The van der Waals surface area contributed by atoms with Crippen LogP contribution in [0.2, 0.25) is 0 Å². The van der Waals surface area contributed by atoms with Crippen LogP contribution in [0.4, 0.5) is 5.69 Å². The zero-order valence-electron chi connectivity index (χ0n) is 9.49. The van der Waals surface area contributed by atoms with Gasteiger partial charge in [-0.15, -0.1) is 0 Å². The monoisotopic (exact) mass is 235 g/mol. The van der Waals surface area contributed by atoms with E-state index in [1.807, 2.05) is 0 Å². The van der Waals surface area contributed by atoms with Gasteiger partial charge in [-0.1, -0.05) is 0 Å². The van der Waals surface area contributed by atoms with Crippen LogP contribution in [0, 0.1) is 0 Å². The summed E-state index contributed by atoms with van der Waals surface area (Å²) in [5.74, 6) is -0.797. The summed E-state index contributed by atoms with van der Waals surface area (Å²) in [5.41, 5.74) is 1.61. The Hall–Kier alpha value is -2.04. The minimum atomic E-state index is -0.871. The highest BCUT2D eigenvalue weighted by Gasteiger charge is 2.17. The Bertz CT molecular complexity index is 456. The lowest BCUT2D eigenvalue weighted by Crippen LogP contribution is -2.24. The molecule has 0 aromatic heterocycles. The van der Waals surface area contributed by atoms with Crippen LogP contribution < -0.4 is 10.1 Å². The molecule has 90 valence electrons. The van der Waals surface area contributed by atoms with Gasteiger partial charge in [-0.05, 0) is 30.7 Å². The topological polar surface area (TPSA) is 64.6 Å². The van der Waals surface area contributed by atoms with Crippen molar-refractivity contribution >= 4 is 17.6 Å². The average Bonchev–Trinajstić information content (AvgIpc) is 2.76. The van der Waals surface area contributed by atoms with Crippen LogP contribution >= 0.6 is 0 Å². The first-order chi connectivity index (χ1) is 8.20. The number of anilines is 1. The molecule has 1 aliphatic rings. The Morgan fingerprint density at radius 1 is 1.47 bits per heavy atom. The molecule has 2 rings (SSSR count). The molecule has 1 amide bonds. The second kappa shape index (κ2) is 4.86. The van der Waals surface area contributed by atoms with Crippen LogP contribution in [-0.4, -0.2) is 25.1 Å². The Labute approximate surface area is 98.7 Å². The number of esters is 1. The van der Waals surface area contributed by atoms with E-state index in [9.17, 15) is 9.59 Å². The highest BCUT2D eigenvalue weighted by atomic mass is 16.5. The molecule has 1 heterocycles. The molecular weight excluding hydrogens is 222 g/mol. The van der Waals surface area contributed by atoms with Gasteiger partial charge in [0, 0.05) is 12.1 Å². The van der Waals surface area contributed by atoms with Crippen molar-refractivity contribution in [2.45, 2.75) is 13.3 Å². The molecule has 0 fully saturated rings. The number of amides is 1. The van der Waals surface area contributed by atoms with E-state index in [0.717, 1.165) is 17.7 Å². The quantitative estimate of drug-likeness (QED) is 0.616. The van der Waals surface area contributed by atoms with Gasteiger partial charge >= 0.3 is 11.9 Å². The molecule has 0 unspecified atom stereocenters. The molecule has 0 atom stereocenters. The van der Waals surface area contributed by atoms with Gasteiger partial charge in [0.05, 0.1) is 13.2 Å². The average molecular weight is 235 g/mol. The summed E-state index contributed by atoms with van der Waals surface area (Å²) in [6.45, 7) is 2.49. The van der Waals surface area contributed by atoms with E-state index in [1.54, 1.807) is 25.1 Å². The fourth-order valence-corrected chi connectivity index (χ4v) is 1.64. The van der Waals surface area contributed by atoms with Gasteiger partial charge < -0.3 is 14.8 Å². The van der Waals surface area contributed by atoms with E-state index in [4.69, 9.17) is 4.74 Å². The SMILES string of the molecule is CCOC(=O)C(=O)Nc1ccc2c(c1)CCO2. The molecule has 0 spiro atoms. The van der Waals surface area contributed by atoms with E-state index in [1.165, 1.54) is 0 Å². The molecule has 5 nitrogen and oxygen atoms in total. The molecule has 1 aliphatic heterocycles. The number of fused-ring (bicyclic) bond motifs is 1. The van der Waals surface area contributed by atoms with Crippen LogP contribution in [-0.2, 0) is 20.7 Å². The largest absolute Gasteiger partial charge is 0.493 e. The second-order valence-corrected chi connectivity index (χ2v) is 3.60. The Balaban J connectivity index is 2.04. The van der Waals surface area contributed by atoms with Gasteiger partial charge in [-0.2, -0.15) is 0 Å². The van der Waals surface area contributed by atoms with Crippen molar-refractivity contribution in [2.24, 2.45) is 0 Å². The molecule has 0 aliphatic carbocycles. The lowest BCUT2D eigenvalue weighted by molar-refractivity contribution is -0.152. The number of benzene rings is 1. The maximum atomic E-state index is 11.4. The van der Waals surface area contributed by atoms with E-state index >= 15 is 0 Å². The van der Waals surface area contributed by atoms with Crippen molar-refractivity contribution in [1.82, 2.24) is 0 Å². The first-order valence-electron chi connectivity index (χ1n) is 5.44. The summed E-state index contributed by atoms with van der Waals surface area (Å²) in [4.78, 5) is 22.5. The minimum Gasteiger partial charge on any atom is -0.493 e. The molecule has 5 heteroatoms. The van der Waals surface area contributed by atoms with Crippen LogP contribution in [0.15, 0.2) is 18.2 Å². The molecule has 1 aromatic rings.